The molecule has 2 aliphatic heterocycles. The molecule has 0 bridgehead atoms. The fourth-order valence-electron chi connectivity index (χ4n) is 5.98. The third-order valence-corrected chi connectivity index (χ3v) is 8.38. The highest BCUT2D eigenvalue weighted by molar-refractivity contribution is 6.01. The molecule has 0 fully saturated rings. The first-order valence-electron chi connectivity index (χ1n) is 14.5. The Bertz CT molecular complexity index is 1190. The van der Waals surface area contributed by atoms with Gasteiger partial charge in [0.1, 0.15) is 17.5 Å². The van der Waals surface area contributed by atoms with Gasteiger partial charge in [0, 0.05) is 25.2 Å². The molecule has 2 heterocycles. The van der Waals surface area contributed by atoms with Gasteiger partial charge in [-0.1, -0.05) is 46.8 Å². The molecule has 1 aromatic rings. The molecule has 1 aromatic carbocycles. The summed E-state index contributed by atoms with van der Waals surface area (Å²) in [6.45, 7) is 13.5. The van der Waals surface area contributed by atoms with Crippen LogP contribution in [0.5, 0.6) is 0 Å². The van der Waals surface area contributed by atoms with Crippen LogP contribution in [0.25, 0.3) is 0 Å². The molecule has 1 aliphatic carbocycles. The standard InChI is InChI=1S/C33H44F3N3/c1-21-9-11-25(34)17-24(21)10-13-27-22(2)7-6-8-30(28-18-26(35)12-14-29(28)36)39-31(27)32(33(3,4)5)38-20-23-15-16-37-19-23/h9,11-12,14-15,17-18,21-22,24,32,37-38H,6-8,10,13,16,19-20H2,1-5H3/b31-27-,39-30?. The molecule has 3 aliphatic rings. The third kappa shape index (κ3) is 7.61. The molecule has 212 valence electrons. The molecule has 0 radical (unpaired) electrons. The van der Waals surface area contributed by atoms with E-state index in [4.69, 9.17) is 4.99 Å². The van der Waals surface area contributed by atoms with Crippen LogP contribution in [-0.2, 0) is 0 Å². The van der Waals surface area contributed by atoms with Crippen molar-refractivity contribution in [2.45, 2.75) is 72.8 Å². The molecule has 0 saturated heterocycles. The Kier molecular flexibility index (Phi) is 9.71. The maximum atomic E-state index is 15.0. The minimum atomic E-state index is -0.463. The summed E-state index contributed by atoms with van der Waals surface area (Å²) in [6.07, 6.45) is 11.4. The highest BCUT2D eigenvalue weighted by Gasteiger charge is 2.33. The summed E-state index contributed by atoms with van der Waals surface area (Å²) in [6, 6.07) is 3.52. The lowest BCUT2D eigenvalue weighted by Crippen LogP contribution is -2.44. The number of nitrogens with zero attached hydrogens (tertiary/aromatic N) is 1. The van der Waals surface area contributed by atoms with E-state index in [-0.39, 0.29) is 40.6 Å². The number of rotatable bonds is 8. The molecular weight excluding hydrogens is 495 g/mol. The number of nitrogens with one attached hydrogen (secondary N) is 2. The smallest absolute Gasteiger partial charge is 0.132 e. The zero-order chi connectivity index (χ0) is 28.2. The number of hydrogen-bond acceptors (Lipinski definition) is 3. The van der Waals surface area contributed by atoms with Gasteiger partial charge >= 0.3 is 0 Å². The van der Waals surface area contributed by atoms with Gasteiger partial charge in [-0.2, -0.15) is 0 Å². The van der Waals surface area contributed by atoms with E-state index in [1.165, 1.54) is 23.3 Å². The summed E-state index contributed by atoms with van der Waals surface area (Å²) < 4.78 is 43.4. The summed E-state index contributed by atoms with van der Waals surface area (Å²) in [5, 5.41) is 7.16. The molecule has 0 amide bonds. The zero-order valence-corrected chi connectivity index (χ0v) is 24.1. The van der Waals surface area contributed by atoms with Crippen LogP contribution in [0.2, 0.25) is 0 Å². The third-order valence-electron chi connectivity index (χ3n) is 8.38. The Morgan fingerprint density at radius 3 is 2.67 bits per heavy atom. The first kappa shape index (κ1) is 29.5. The van der Waals surface area contributed by atoms with Gasteiger partial charge in [-0.05, 0) is 96.8 Å². The van der Waals surface area contributed by atoms with Crippen LogP contribution in [0.3, 0.4) is 0 Å². The van der Waals surface area contributed by atoms with E-state index < -0.39 is 11.6 Å². The summed E-state index contributed by atoms with van der Waals surface area (Å²) in [7, 11) is 0. The van der Waals surface area contributed by atoms with Crippen LogP contribution in [0, 0.1) is 34.8 Å². The molecule has 6 heteroatoms. The normalized spacial score (nSPS) is 27.0. The lowest BCUT2D eigenvalue weighted by atomic mass is 9.77. The minimum absolute atomic E-state index is 0.0999. The van der Waals surface area contributed by atoms with Gasteiger partial charge in [-0.3, -0.25) is 4.99 Å². The second kappa shape index (κ2) is 12.8. The van der Waals surface area contributed by atoms with Gasteiger partial charge in [0.15, 0.2) is 0 Å². The number of aliphatic imine (C=N–C) groups is 1. The van der Waals surface area contributed by atoms with Gasteiger partial charge < -0.3 is 10.6 Å². The van der Waals surface area contributed by atoms with Gasteiger partial charge in [0.2, 0.25) is 0 Å². The van der Waals surface area contributed by atoms with E-state index >= 15 is 4.39 Å². The molecule has 0 saturated carbocycles. The van der Waals surface area contributed by atoms with E-state index in [1.54, 1.807) is 12.2 Å². The lowest BCUT2D eigenvalue weighted by molar-refractivity contribution is 0.300. The largest absolute Gasteiger partial charge is 0.309 e. The zero-order valence-electron chi connectivity index (χ0n) is 24.1. The van der Waals surface area contributed by atoms with Crippen LogP contribution < -0.4 is 10.6 Å². The van der Waals surface area contributed by atoms with Crippen molar-refractivity contribution in [1.82, 2.24) is 10.6 Å². The monoisotopic (exact) mass is 539 g/mol. The van der Waals surface area contributed by atoms with Crippen LogP contribution in [0.1, 0.15) is 72.3 Å². The van der Waals surface area contributed by atoms with Crippen molar-refractivity contribution in [1.29, 1.82) is 0 Å². The highest BCUT2D eigenvalue weighted by atomic mass is 19.1. The summed E-state index contributed by atoms with van der Waals surface area (Å²) in [5.41, 5.74) is 4.15. The Morgan fingerprint density at radius 2 is 1.95 bits per heavy atom. The van der Waals surface area contributed by atoms with Crippen LogP contribution in [0.15, 0.2) is 70.2 Å². The second-order valence-electron chi connectivity index (χ2n) is 12.5. The molecule has 3 nitrogen and oxygen atoms in total. The molecule has 0 aromatic heterocycles. The molecule has 39 heavy (non-hydrogen) atoms. The maximum absolute atomic E-state index is 15.0. The van der Waals surface area contributed by atoms with Gasteiger partial charge in [-0.15, -0.1) is 0 Å². The summed E-state index contributed by atoms with van der Waals surface area (Å²) in [5.74, 6) is -0.430. The topological polar surface area (TPSA) is 36.4 Å². The first-order valence-corrected chi connectivity index (χ1v) is 14.5. The van der Waals surface area contributed by atoms with Crippen LogP contribution in [0.4, 0.5) is 13.2 Å². The molecule has 2 N–H and O–H groups in total. The van der Waals surface area contributed by atoms with E-state index in [0.717, 1.165) is 57.1 Å². The average molecular weight is 540 g/mol. The predicted octanol–water partition coefficient (Wildman–Crippen LogP) is 7.82. The second-order valence-corrected chi connectivity index (χ2v) is 12.5. The van der Waals surface area contributed by atoms with Crippen molar-refractivity contribution in [3.63, 3.8) is 0 Å². The molecule has 4 atom stereocenters. The maximum Gasteiger partial charge on any atom is 0.132 e. The molecular formula is C33H44F3N3. The minimum Gasteiger partial charge on any atom is -0.309 e. The molecule has 4 rings (SSSR count). The molecule has 4 unspecified atom stereocenters. The van der Waals surface area contributed by atoms with E-state index in [0.29, 0.717) is 12.1 Å². The lowest BCUT2D eigenvalue weighted by Gasteiger charge is -2.36. The Balaban J connectivity index is 1.80. The highest BCUT2D eigenvalue weighted by Crippen LogP contribution is 2.38. The number of allylic oxidation sites excluding steroid dienone is 5. The van der Waals surface area contributed by atoms with E-state index in [1.807, 2.05) is 6.08 Å². The fourth-order valence-corrected chi connectivity index (χ4v) is 5.98. The van der Waals surface area contributed by atoms with Gasteiger partial charge in [0.25, 0.3) is 0 Å². The average Bonchev–Trinajstić information content (AvgIpc) is 3.38. The number of hydrogen-bond donors (Lipinski definition) is 2. The number of halogens is 3. The Hall–Kier alpha value is -2.44. The predicted molar refractivity (Wildman–Crippen MR) is 155 cm³/mol. The van der Waals surface area contributed by atoms with E-state index in [9.17, 15) is 8.78 Å². The van der Waals surface area contributed by atoms with Crippen molar-refractivity contribution in [2.75, 3.05) is 19.6 Å². The summed E-state index contributed by atoms with van der Waals surface area (Å²) in [4.78, 5) is 5.24. The van der Waals surface area contributed by atoms with E-state index in [2.05, 4.69) is 51.3 Å². The van der Waals surface area contributed by atoms with Crippen LogP contribution in [-0.4, -0.2) is 31.4 Å². The number of benzene rings is 1. The SMILES string of the molecule is CC1CCCC(c2cc(F)ccc2F)=N/C(C(NCC2=CCNC2)C(C)(C)C)=C\1CCC1C=C(F)C=CC1C. The van der Waals surface area contributed by atoms with Crippen molar-refractivity contribution >= 4 is 5.71 Å². The fraction of sp³-hybridized carbons (Fsp3) is 0.545. The van der Waals surface area contributed by atoms with Crippen molar-refractivity contribution in [3.8, 4) is 0 Å². The molecule has 0 spiro atoms. The van der Waals surface area contributed by atoms with Crippen molar-refractivity contribution in [2.24, 2.45) is 28.2 Å². The van der Waals surface area contributed by atoms with Gasteiger partial charge in [0.05, 0.1) is 17.5 Å². The van der Waals surface area contributed by atoms with Crippen LogP contribution >= 0.6 is 0 Å². The quantitative estimate of drug-likeness (QED) is 0.331. The van der Waals surface area contributed by atoms with Crippen molar-refractivity contribution < 1.29 is 13.2 Å². The Morgan fingerprint density at radius 1 is 1.15 bits per heavy atom. The van der Waals surface area contributed by atoms with Gasteiger partial charge in [-0.25, -0.2) is 13.2 Å². The summed E-state index contributed by atoms with van der Waals surface area (Å²) >= 11 is 0. The first-order chi connectivity index (χ1) is 18.5. The van der Waals surface area contributed by atoms with Crippen molar-refractivity contribution in [3.05, 3.63) is 82.4 Å². The Labute approximate surface area is 232 Å².